The lowest BCUT2D eigenvalue weighted by Crippen LogP contribution is -2.50. The second kappa shape index (κ2) is 6.88. The number of rotatable bonds is 3. The number of carbonyl (C=O) groups is 1. The molecule has 9 heteroatoms. The molecular weight excluding hydrogens is 324 g/mol. The fraction of sp³-hybridized carbons (Fsp3) is 0.438. The Bertz CT molecular complexity index is 903. The first-order chi connectivity index (χ1) is 12.0. The van der Waals surface area contributed by atoms with Crippen LogP contribution in [0.5, 0.6) is 0 Å². The van der Waals surface area contributed by atoms with Crippen molar-refractivity contribution in [2.45, 2.75) is 32.7 Å². The van der Waals surface area contributed by atoms with Crippen LogP contribution in [-0.4, -0.2) is 45.0 Å². The fourth-order valence-electron chi connectivity index (χ4n) is 2.89. The summed E-state index contributed by atoms with van der Waals surface area (Å²) in [5, 5.41) is 2.84. The van der Waals surface area contributed by atoms with Crippen LogP contribution < -0.4 is 21.3 Å². The summed E-state index contributed by atoms with van der Waals surface area (Å²) in [4.78, 5) is 51.5. The molecule has 1 unspecified atom stereocenters. The third kappa shape index (κ3) is 3.59. The number of hydrogen-bond donors (Lipinski definition) is 3. The monoisotopic (exact) mass is 344 g/mol. The van der Waals surface area contributed by atoms with Crippen molar-refractivity contribution < 1.29 is 4.79 Å². The molecular formula is C16H20N6O3. The van der Waals surface area contributed by atoms with E-state index in [-0.39, 0.29) is 17.3 Å². The molecule has 2 aromatic rings. The van der Waals surface area contributed by atoms with Gasteiger partial charge in [0.15, 0.2) is 11.5 Å². The Labute approximate surface area is 143 Å². The molecule has 132 valence electrons. The maximum Gasteiger partial charge on any atom is 0.290 e. The van der Waals surface area contributed by atoms with Crippen LogP contribution in [0.2, 0.25) is 0 Å². The van der Waals surface area contributed by atoms with Gasteiger partial charge in [0, 0.05) is 37.2 Å². The summed E-state index contributed by atoms with van der Waals surface area (Å²) < 4.78 is 0. The molecule has 1 amide bonds. The lowest BCUT2D eigenvalue weighted by atomic mass is 10.1. The number of piperidine rings is 1. The van der Waals surface area contributed by atoms with Gasteiger partial charge in [-0.1, -0.05) is 0 Å². The quantitative estimate of drug-likeness (QED) is 0.712. The highest BCUT2D eigenvalue weighted by Gasteiger charge is 2.25. The van der Waals surface area contributed by atoms with E-state index in [0.29, 0.717) is 30.3 Å². The number of amides is 1. The molecule has 0 bridgehead atoms. The number of aromatic nitrogens is 4. The summed E-state index contributed by atoms with van der Waals surface area (Å²) in [5.74, 6) is -0.172. The van der Waals surface area contributed by atoms with E-state index >= 15 is 0 Å². The zero-order chi connectivity index (χ0) is 18.0. The zero-order valence-corrected chi connectivity index (χ0v) is 14.1. The van der Waals surface area contributed by atoms with E-state index in [1.807, 2.05) is 4.90 Å². The molecule has 0 saturated carbocycles. The van der Waals surface area contributed by atoms with Gasteiger partial charge in [-0.2, -0.15) is 0 Å². The molecule has 0 aliphatic carbocycles. The number of hydrogen-bond acceptors (Lipinski definition) is 6. The van der Waals surface area contributed by atoms with Crippen LogP contribution in [0.4, 0.5) is 5.82 Å². The van der Waals surface area contributed by atoms with Crippen molar-refractivity contribution in [2.75, 3.05) is 18.0 Å². The predicted octanol–water partition coefficient (Wildman–Crippen LogP) is -0.131. The molecule has 0 aromatic carbocycles. The van der Waals surface area contributed by atoms with Crippen molar-refractivity contribution in [1.29, 1.82) is 0 Å². The van der Waals surface area contributed by atoms with Crippen molar-refractivity contribution in [3.05, 3.63) is 50.2 Å². The van der Waals surface area contributed by atoms with Gasteiger partial charge >= 0.3 is 0 Å². The Balaban J connectivity index is 1.74. The third-order valence-corrected chi connectivity index (χ3v) is 4.30. The van der Waals surface area contributed by atoms with Crippen LogP contribution in [0.15, 0.2) is 22.0 Å². The molecule has 3 rings (SSSR count). The minimum atomic E-state index is -0.508. The molecule has 2 aromatic heterocycles. The van der Waals surface area contributed by atoms with Gasteiger partial charge in [-0.3, -0.25) is 14.4 Å². The number of aryl methyl sites for hydroxylation is 2. The molecule has 3 N–H and O–H groups in total. The molecule has 3 heterocycles. The smallest absolute Gasteiger partial charge is 0.290 e. The van der Waals surface area contributed by atoms with Gasteiger partial charge in [-0.15, -0.1) is 0 Å². The normalized spacial score (nSPS) is 17.4. The van der Waals surface area contributed by atoms with E-state index in [1.54, 1.807) is 13.8 Å². The lowest BCUT2D eigenvalue weighted by Gasteiger charge is -2.33. The van der Waals surface area contributed by atoms with Gasteiger partial charge in [-0.25, -0.2) is 9.97 Å². The van der Waals surface area contributed by atoms with E-state index in [9.17, 15) is 14.4 Å². The van der Waals surface area contributed by atoms with Crippen LogP contribution in [-0.2, 0) is 0 Å². The first-order valence-electron chi connectivity index (χ1n) is 8.12. The Morgan fingerprint density at radius 3 is 2.88 bits per heavy atom. The number of aromatic amines is 2. The molecule has 1 saturated heterocycles. The van der Waals surface area contributed by atoms with Crippen molar-refractivity contribution in [2.24, 2.45) is 0 Å². The molecule has 1 fully saturated rings. The average molecular weight is 344 g/mol. The fourth-order valence-corrected chi connectivity index (χ4v) is 2.89. The second-order valence-electron chi connectivity index (χ2n) is 6.13. The highest BCUT2D eigenvalue weighted by atomic mass is 16.2. The first-order valence-corrected chi connectivity index (χ1v) is 8.12. The van der Waals surface area contributed by atoms with Crippen LogP contribution in [0.25, 0.3) is 0 Å². The Hall–Kier alpha value is -2.97. The summed E-state index contributed by atoms with van der Waals surface area (Å²) >= 11 is 0. The van der Waals surface area contributed by atoms with Gasteiger partial charge in [-0.05, 0) is 26.7 Å². The number of nitrogens with zero attached hydrogens (tertiary/aromatic N) is 3. The van der Waals surface area contributed by atoms with E-state index < -0.39 is 11.5 Å². The van der Waals surface area contributed by atoms with E-state index in [4.69, 9.17) is 0 Å². The Morgan fingerprint density at radius 2 is 2.12 bits per heavy atom. The molecule has 1 aliphatic rings. The van der Waals surface area contributed by atoms with Crippen molar-refractivity contribution in [3.63, 3.8) is 0 Å². The summed E-state index contributed by atoms with van der Waals surface area (Å²) in [5.41, 5.74) is 0.335. The van der Waals surface area contributed by atoms with Gasteiger partial charge in [0.1, 0.15) is 0 Å². The molecule has 0 spiro atoms. The van der Waals surface area contributed by atoms with E-state index in [2.05, 4.69) is 25.3 Å². The van der Waals surface area contributed by atoms with E-state index in [1.165, 1.54) is 12.4 Å². The minimum absolute atomic E-state index is 0.143. The number of H-pyrrole nitrogens is 2. The second-order valence-corrected chi connectivity index (χ2v) is 6.13. The lowest BCUT2D eigenvalue weighted by molar-refractivity contribution is 0.0926. The maximum absolute atomic E-state index is 12.4. The van der Waals surface area contributed by atoms with Gasteiger partial charge in [0.2, 0.25) is 0 Å². The van der Waals surface area contributed by atoms with Crippen LogP contribution >= 0.6 is 0 Å². The number of nitrogens with one attached hydrogen (secondary N) is 3. The molecule has 1 atom stereocenters. The Morgan fingerprint density at radius 1 is 1.32 bits per heavy atom. The standard InChI is InChI=1S/C16H20N6O3/c1-9-10(2)20-14(23)12(19-9)15(24)21-11-4-3-7-22(8-11)13-16(25)18-6-5-17-13/h5-6,11H,3-4,7-8H2,1-2H3,(H,18,25)(H,20,23)(H,21,24). The van der Waals surface area contributed by atoms with Crippen LogP contribution in [0.3, 0.4) is 0 Å². The maximum atomic E-state index is 12.4. The van der Waals surface area contributed by atoms with Gasteiger partial charge < -0.3 is 20.2 Å². The largest absolute Gasteiger partial charge is 0.350 e. The molecule has 0 radical (unpaired) electrons. The van der Waals surface area contributed by atoms with E-state index in [0.717, 1.165) is 12.8 Å². The summed E-state index contributed by atoms with van der Waals surface area (Å²) in [6.07, 6.45) is 4.57. The van der Waals surface area contributed by atoms with Crippen LogP contribution in [0.1, 0.15) is 34.7 Å². The van der Waals surface area contributed by atoms with Crippen LogP contribution in [0, 0.1) is 13.8 Å². The zero-order valence-electron chi connectivity index (χ0n) is 14.1. The van der Waals surface area contributed by atoms with Crippen molar-refractivity contribution >= 4 is 11.7 Å². The highest BCUT2D eigenvalue weighted by Crippen LogP contribution is 2.14. The summed E-state index contributed by atoms with van der Waals surface area (Å²) in [7, 11) is 0. The molecule has 1 aliphatic heterocycles. The third-order valence-electron chi connectivity index (χ3n) is 4.30. The topological polar surface area (TPSA) is 124 Å². The van der Waals surface area contributed by atoms with Gasteiger partial charge in [0.25, 0.3) is 17.0 Å². The van der Waals surface area contributed by atoms with Crippen molar-refractivity contribution in [3.8, 4) is 0 Å². The van der Waals surface area contributed by atoms with Gasteiger partial charge in [0.05, 0.1) is 5.69 Å². The molecule has 9 nitrogen and oxygen atoms in total. The first kappa shape index (κ1) is 16.9. The number of carbonyl (C=O) groups excluding carboxylic acids is 1. The predicted molar refractivity (Wildman–Crippen MR) is 91.9 cm³/mol. The number of anilines is 1. The van der Waals surface area contributed by atoms with Crippen molar-refractivity contribution in [1.82, 2.24) is 25.3 Å². The Kier molecular flexibility index (Phi) is 4.64. The highest BCUT2D eigenvalue weighted by molar-refractivity contribution is 5.92. The summed E-state index contributed by atoms with van der Waals surface area (Å²) in [6, 6.07) is -0.189. The molecule has 25 heavy (non-hydrogen) atoms. The summed E-state index contributed by atoms with van der Waals surface area (Å²) in [6.45, 7) is 4.61. The minimum Gasteiger partial charge on any atom is -0.350 e. The average Bonchev–Trinajstić information content (AvgIpc) is 2.58. The SMILES string of the molecule is Cc1nc(C(=O)NC2CCCN(c3ncc[nH]c3=O)C2)c(=O)[nH]c1C.